The Kier molecular flexibility index (Phi) is 6.63. The Morgan fingerprint density at radius 3 is 2.31 bits per heavy atom. The van der Waals surface area contributed by atoms with Crippen LogP contribution < -0.4 is 9.46 Å². The molecule has 0 aliphatic heterocycles. The van der Waals surface area contributed by atoms with E-state index >= 15 is 0 Å². The summed E-state index contributed by atoms with van der Waals surface area (Å²) in [6, 6.07) is 11.4. The van der Waals surface area contributed by atoms with Gasteiger partial charge in [0.15, 0.2) is 0 Å². The summed E-state index contributed by atoms with van der Waals surface area (Å²) in [5.74, 6) is -0.314. The van der Waals surface area contributed by atoms with E-state index in [2.05, 4.69) is 4.72 Å². The zero-order valence-corrected chi connectivity index (χ0v) is 15.9. The predicted octanol–water partition coefficient (Wildman–Crippen LogP) is 3.91. The fourth-order valence-electron chi connectivity index (χ4n) is 2.27. The van der Waals surface area contributed by atoms with Gasteiger partial charge in [0.25, 0.3) is 0 Å². The molecule has 0 unspecified atom stereocenters. The molecule has 26 heavy (non-hydrogen) atoms. The molecule has 0 radical (unpaired) electrons. The zero-order chi connectivity index (χ0) is 19.3. The van der Waals surface area contributed by atoms with E-state index in [0.717, 1.165) is 0 Å². The van der Waals surface area contributed by atoms with Crippen LogP contribution in [0.2, 0.25) is 5.02 Å². The van der Waals surface area contributed by atoms with Crippen LogP contribution in [0, 0.1) is 5.92 Å². The largest absolute Gasteiger partial charge is 0.480 e. The second-order valence-electron chi connectivity index (χ2n) is 6.15. The second kappa shape index (κ2) is 8.53. The number of nitrogens with one attached hydrogen (secondary N) is 1. The predicted molar refractivity (Wildman–Crippen MR) is 99.2 cm³/mol. The molecule has 0 bridgehead atoms. The SMILES string of the molecule is CC(C)C[C@H](NS(=O)(=O)c1ccc(Oc2ccccc2Cl)cc1)C(=O)O. The van der Waals surface area contributed by atoms with Crippen LogP contribution >= 0.6 is 11.6 Å². The van der Waals surface area contributed by atoms with Crippen molar-refractivity contribution in [1.82, 2.24) is 4.72 Å². The van der Waals surface area contributed by atoms with Gasteiger partial charge in [-0.05, 0) is 48.7 Å². The summed E-state index contributed by atoms with van der Waals surface area (Å²) < 4.78 is 32.7. The zero-order valence-electron chi connectivity index (χ0n) is 14.3. The number of rotatable bonds is 8. The first-order chi connectivity index (χ1) is 12.2. The van der Waals surface area contributed by atoms with Crippen LogP contribution in [0.5, 0.6) is 11.5 Å². The first kappa shape index (κ1) is 20.2. The fraction of sp³-hybridized carbons (Fsp3) is 0.278. The molecule has 140 valence electrons. The Labute approximate surface area is 157 Å². The maximum Gasteiger partial charge on any atom is 0.321 e. The molecule has 0 amide bonds. The van der Waals surface area contributed by atoms with E-state index in [9.17, 15) is 18.3 Å². The molecule has 0 saturated carbocycles. The number of carboxylic acid groups (broad SMARTS) is 1. The van der Waals surface area contributed by atoms with Gasteiger partial charge in [-0.1, -0.05) is 37.6 Å². The minimum absolute atomic E-state index is 0.0326. The van der Waals surface area contributed by atoms with E-state index < -0.39 is 22.0 Å². The second-order valence-corrected chi connectivity index (χ2v) is 8.27. The summed E-state index contributed by atoms with van der Waals surface area (Å²) >= 11 is 6.02. The number of hydrogen-bond donors (Lipinski definition) is 2. The topological polar surface area (TPSA) is 92.7 Å². The van der Waals surface area contributed by atoms with Crippen LogP contribution in [0.1, 0.15) is 20.3 Å². The minimum Gasteiger partial charge on any atom is -0.480 e. The smallest absolute Gasteiger partial charge is 0.321 e. The average molecular weight is 398 g/mol. The van der Waals surface area contributed by atoms with Gasteiger partial charge in [0.05, 0.1) is 9.92 Å². The number of benzene rings is 2. The van der Waals surface area contributed by atoms with Crippen molar-refractivity contribution >= 4 is 27.6 Å². The van der Waals surface area contributed by atoms with Crippen LogP contribution in [0.4, 0.5) is 0 Å². The molecule has 0 aromatic heterocycles. The number of para-hydroxylation sites is 1. The minimum atomic E-state index is -3.96. The highest BCUT2D eigenvalue weighted by Gasteiger charge is 2.26. The first-order valence-electron chi connectivity index (χ1n) is 7.96. The summed E-state index contributed by atoms with van der Waals surface area (Å²) in [7, 11) is -3.96. The third-order valence-corrected chi connectivity index (χ3v) is 5.30. The summed E-state index contributed by atoms with van der Waals surface area (Å²) in [5, 5.41) is 9.64. The quantitative estimate of drug-likeness (QED) is 0.704. The monoisotopic (exact) mass is 397 g/mol. The van der Waals surface area contributed by atoms with Gasteiger partial charge in [-0.15, -0.1) is 0 Å². The molecule has 8 heteroatoms. The highest BCUT2D eigenvalue weighted by atomic mass is 35.5. The molecule has 0 heterocycles. The van der Waals surface area contributed by atoms with Crippen molar-refractivity contribution in [2.75, 3.05) is 0 Å². The number of hydrogen-bond acceptors (Lipinski definition) is 4. The molecule has 0 saturated heterocycles. The lowest BCUT2D eigenvalue weighted by Crippen LogP contribution is -2.41. The molecule has 0 aliphatic carbocycles. The number of carbonyl (C=O) groups is 1. The van der Waals surface area contributed by atoms with Crippen LogP contribution in [-0.4, -0.2) is 25.5 Å². The van der Waals surface area contributed by atoms with Gasteiger partial charge >= 0.3 is 5.97 Å². The van der Waals surface area contributed by atoms with E-state index in [1.165, 1.54) is 24.3 Å². The summed E-state index contributed by atoms with van der Waals surface area (Å²) in [5.41, 5.74) is 0. The van der Waals surface area contributed by atoms with E-state index in [-0.39, 0.29) is 17.2 Å². The molecule has 0 spiro atoms. The molecule has 1 atom stereocenters. The highest BCUT2D eigenvalue weighted by molar-refractivity contribution is 7.89. The van der Waals surface area contributed by atoms with Gasteiger partial charge in [-0.25, -0.2) is 8.42 Å². The molecule has 0 fully saturated rings. The lowest BCUT2D eigenvalue weighted by molar-refractivity contribution is -0.139. The number of aliphatic carboxylic acids is 1. The molecule has 2 aromatic rings. The van der Waals surface area contributed by atoms with Crippen molar-refractivity contribution in [3.05, 3.63) is 53.6 Å². The van der Waals surface area contributed by atoms with Crippen molar-refractivity contribution < 1.29 is 23.1 Å². The Bertz CT molecular complexity index is 865. The van der Waals surface area contributed by atoms with Gasteiger partial charge in [-0.3, -0.25) is 4.79 Å². The van der Waals surface area contributed by atoms with Gasteiger partial charge in [-0.2, -0.15) is 4.72 Å². The number of halogens is 1. The summed E-state index contributed by atoms with van der Waals surface area (Å²) in [6.07, 6.45) is 0.197. The normalized spacial score (nSPS) is 12.8. The molecular weight excluding hydrogens is 378 g/mol. The van der Waals surface area contributed by atoms with E-state index in [4.69, 9.17) is 16.3 Å². The first-order valence-corrected chi connectivity index (χ1v) is 9.82. The van der Waals surface area contributed by atoms with Gasteiger partial charge in [0, 0.05) is 0 Å². The molecule has 2 rings (SSSR count). The van der Waals surface area contributed by atoms with E-state index in [1.807, 2.05) is 13.8 Å². The number of ether oxygens (including phenoxy) is 1. The highest BCUT2D eigenvalue weighted by Crippen LogP contribution is 2.29. The van der Waals surface area contributed by atoms with Crippen molar-refractivity contribution in [3.63, 3.8) is 0 Å². The lowest BCUT2D eigenvalue weighted by atomic mass is 10.1. The molecule has 2 N–H and O–H groups in total. The van der Waals surface area contributed by atoms with Crippen LogP contribution in [0.15, 0.2) is 53.4 Å². The maximum absolute atomic E-state index is 12.4. The van der Waals surface area contributed by atoms with E-state index in [0.29, 0.717) is 16.5 Å². The fourth-order valence-corrected chi connectivity index (χ4v) is 3.64. The maximum atomic E-state index is 12.4. The Balaban J connectivity index is 2.15. The summed E-state index contributed by atoms with van der Waals surface area (Å²) in [6.45, 7) is 3.65. The Morgan fingerprint density at radius 2 is 1.77 bits per heavy atom. The van der Waals surface area contributed by atoms with Crippen molar-refractivity contribution in [2.24, 2.45) is 5.92 Å². The lowest BCUT2D eigenvalue weighted by Gasteiger charge is -2.16. The van der Waals surface area contributed by atoms with Gasteiger partial charge in [0.1, 0.15) is 17.5 Å². The standard InChI is InChI=1S/C18H20ClNO5S/c1-12(2)11-16(18(21)22)20-26(23,24)14-9-7-13(8-10-14)25-17-6-4-3-5-15(17)19/h3-10,12,16,20H,11H2,1-2H3,(H,21,22)/t16-/m0/s1. The number of sulfonamides is 1. The average Bonchev–Trinajstić information content (AvgIpc) is 2.56. The Morgan fingerprint density at radius 1 is 1.15 bits per heavy atom. The van der Waals surface area contributed by atoms with Crippen LogP contribution in [0.3, 0.4) is 0 Å². The van der Waals surface area contributed by atoms with Gasteiger partial charge < -0.3 is 9.84 Å². The molecule has 0 aliphatic rings. The molecule has 2 aromatic carbocycles. The van der Waals surface area contributed by atoms with Crippen LogP contribution in [0.25, 0.3) is 0 Å². The van der Waals surface area contributed by atoms with Crippen molar-refractivity contribution in [1.29, 1.82) is 0 Å². The third kappa shape index (κ3) is 5.45. The molecule has 6 nitrogen and oxygen atoms in total. The van der Waals surface area contributed by atoms with E-state index in [1.54, 1.807) is 24.3 Å². The molecular formula is C18H20ClNO5S. The Hall–Kier alpha value is -2.09. The van der Waals surface area contributed by atoms with Crippen LogP contribution in [-0.2, 0) is 14.8 Å². The van der Waals surface area contributed by atoms with Gasteiger partial charge in [0.2, 0.25) is 10.0 Å². The number of carboxylic acids is 1. The third-order valence-electron chi connectivity index (χ3n) is 3.50. The van der Waals surface area contributed by atoms with Crippen molar-refractivity contribution in [3.8, 4) is 11.5 Å². The summed E-state index contributed by atoms with van der Waals surface area (Å²) in [4.78, 5) is 11.2. The van der Waals surface area contributed by atoms with Crippen molar-refractivity contribution in [2.45, 2.75) is 31.2 Å².